The number of halogens is 2. The van der Waals surface area contributed by atoms with Crippen LogP contribution in [-0.2, 0) is 0 Å². The monoisotopic (exact) mass is 322 g/mol. The molecule has 0 spiro atoms. The summed E-state index contributed by atoms with van der Waals surface area (Å²) in [6.45, 7) is 0. The van der Waals surface area contributed by atoms with E-state index in [1.807, 2.05) is 22.6 Å². The molecule has 0 aliphatic carbocycles. The summed E-state index contributed by atoms with van der Waals surface area (Å²) in [4.78, 5) is 10.8. The molecule has 72 valence electrons. The molecule has 0 saturated carbocycles. The van der Waals surface area contributed by atoms with Crippen molar-refractivity contribution in [3.05, 3.63) is 26.4 Å². The molecule has 2 N–H and O–H groups in total. The van der Waals surface area contributed by atoms with Gasteiger partial charge in [-0.05, 0) is 34.7 Å². The first kappa shape index (κ1) is 9.72. The van der Waals surface area contributed by atoms with E-state index in [0.717, 1.165) is 3.57 Å². The first-order valence-corrected chi connectivity index (χ1v) is 5.11. The van der Waals surface area contributed by atoms with E-state index in [9.17, 15) is 4.79 Å². The quantitative estimate of drug-likeness (QED) is 0.793. The van der Waals surface area contributed by atoms with Crippen LogP contribution in [0.3, 0.4) is 0 Å². The topological polar surface area (TPSA) is 66.0 Å². The van der Waals surface area contributed by atoms with Gasteiger partial charge in [-0.1, -0.05) is 11.6 Å². The van der Waals surface area contributed by atoms with Gasteiger partial charge in [0.25, 0.3) is 0 Å². The zero-order valence-electron chi connectivity index (χ0n) is 6.71. The van der Waals surface area contributed by atoms with E-state index in [0.29, 0.717) is 15.9 Å². The van der Waals surface area contributed by atoms with E-state index in [4.69, 9.17) is 16.7 Å². The number of aromatic amines is 1. The first-order valence-electron chi connectivity index (χ1n) is 3.66. The summed E-state index contributed by atoms with van der Waals surface area (Å²) in [6, 6.07) is 3.35. The smallest absolute Gasteiger partial charge is 0.357 e. The third-order valence-electron chi connectivity index (χ3n) is 1.78. The Kier molecular flexibility index (Phi) is 2.36. The predicted molar refractivity (Wildman–Crippen MR) is 60.8 cm³/mol. The molecule has 6 heteroatoms. The van der Waals surface area contributed by atoms with E-state index < -0.39 is 5.97 Å². The Bertz CT molecular complexity index is 523. The highest BCUT2D eigenvalue weighted by Crippen LogP contribution is 2.26. The fraction of sp³-hybridized carbons (Fsp3) is 0. The Hall–Kier alpha value is -0.820. The van der Waals surface area contributed by atoms with Crippen LogP contribution in [0.5, 0.6) is 0 Å². The van der Waals surface area contributed by atoms with Crippen molar-refractivity contribution in [3.8, 4) is 0 Å². The second-order valence-electron chi connectivity index (χ2n) is 2.69. The Morgan fingerprint density at radius 2 is 2.29 bits per heavy atom. The van der Waals surface area contributed by atoms with E-state index in [1.54, 1.807) is 12.1 Å². The van der Waals surface area contributed by atoms with E-state index in [2.05, 4.69) is 10.2 Å². The summed E-state index contributed by atoms with van der Waals surface area (Å²) < 4.78 is 0.774. The van der Waals surface area contributed by atoms with Crippen LogP contribution >= 0.6 is 34.2 Å². The average molecular weight is 322 g/mol. The molecule has 0 saturated heterocycles. The maximum Gasteiger partial charge on any atom is 0.357 e. The van der Waals surface area contributed by atoms with Gasteiger partial charge in [0, 0.05) is 14.0 Å². The van der Waals surface area contributed by atoms with Crippen LogP contribution in [-0.4, -0.2) is 21.3 Å². The van der Waals surface area contributed by atoms with Crippen molar-refractivity contribution >= 4 is 51.1 Å². The standard InChI is InChI=1S/C8H4ClIN2O2/c9-3-1-4(10)6-5(2-3)11-12-7(6)8(13)14/h1-2H,(H,11,12)(H,13,14). The van der Waals surface area contributed by atoms with Crippen molar-refractivity contribution in [2.24, 2.45) is 0 Å². The van der Waals surface area contributed by atoms with Crippen molar-refractivity contribution in [3.63, 3.8) is 0 Å². The molecule has 1 aromatic heterocycles. The van der Waals surface area contributed by atoms with Gasteiger partial charge >= 0.3 is 5.97 Å². The number of fused-ring (bicyclic) bond motifs is 1. The zero-order chi connectivity index (χ0) is 10.3. The number of nitrogens with one attached hydrogen (secondary N) is 1. The number of aromatic nitrogens is 2. The molecule has 1 aromatic carbocycles. The molecule has 0 aliphatic rings. The minimum Gasteiger partial charge on any atom is -0.476 e. The van der Waals surface area contributed by atoms with Gasteiger partial charge in [-0.25, -0.2) is 4.79 Å². The van der Waals surface area contributed by atoms with Gasteiger partial charge in [-0.15, -0.1) is 0 Å². The SMILES string of the molecule is O=C(O)c1n[nH]c2cc(Cl)cc(I)c12. The van der Waals surface area contributed by atoms with Crippen LogP contribution in [0.25, 0.3) is 10.9 Å². The van der Waals surface area contributed by atoms with E-state index >= 15 is 0 Å². The summed E-state index contributed by atoms with van der Waals surface area (Å²) in [5.74, 6) is -1.04. The molecule has 4 nitrogen and oxygen atoms in total. The number of rotatable bonds is 1. The molecule has 0 aliphatic heterocycles. The van der Waals surface area contributed by atoms with E-state index in [1.165, 1.54) is 0 Å². The van der Waals surface area contributed by atoms with Crippen LogP contribution in [0.2, 0.25) is 5.02 Å². The summed E-state index contributed by atoms with van der Waals surface area (Å²) >= 11 is 7.84. The summed E-state index contributed by atoms with van der Waals surface area (Å²) in [5.41, 5.74) is 0.667. The van der Waals surface area contributed by atoms with E-state index in [-0.39, 0.29) is 5.69 Å². The Balaban J connectivity index is 2.85. The number of benzene rings is 1. The van der Waals surface area contributed by atoms with Gasteiger partial charge in [-0.3, -0.25) is 5.10 Å². The number of nitrogens with zero attached hydrogens (tertiary/aromatic N) is 1. The predicted octanol–water partition coefficient (Wildman–Crippen LogP) is 2.52. The fourth-order valence-electron chi connectivity index (χ4n) is 1.23. The third kappa shape index (κ3) is 1.46. The maximum atomic E-state index is 10.8. The zero-order valence-corrected chi connectivity index (χ0v) is 9.63. The Labute approximate surface area is 97.4 Å². The number of aromatic carboxylic acids is 1. The van der Waals surface area contributed by atoms with Crippen LogP contribution in [0.1, 0.15) is 10.5 Å². The lowest BCUT2D eigenvalue weighted by Crippen LogP contribution is -1.97. The largest absolute Gasteiger partial charge is 0.476 e. The normalized spacial score (nSPS) is 10.7. The number of H-pyrrole nitrogens is 1. The highest BCUT2D eigenvalue weighted by molar-refractivity contribution is 14.1. The molecule has 2 rings (SSSR count). The molecule has 0 atom stereocenters. The number of carbonyl (C=O) groups is 1. The maximum absolute atomic E-state index is 10.8. The third-order valence-corrected chi connectivity index (χ3v) is 2.85. The van der Waals surface area contributed by atoms with Crippen LogP contribution < -0.4 is 0 Å². The van der Waals surface area contributed by atoms with Gasteiger partial charge in [0.1, 0.15) is 0 Å². The van der Waals surface area contributed by atoms with Crippen molar-refractivity contribution in [2.75, 3.05) is 0 Å². The minimum absolute atomic E-state index is 0.0288. The number of carboxylic acid groups (broad SMARTS) is 1. The highest BCUT2D eigenvalue weighted by Gasteiger charge is 2.15. The lowest BCUT2D eigenvalue weighted by molar-refractivity contribution is 0.0692. The fourth-order valence-corrected chi connectivity index (χ4v) is 2.51. The second-order valence-corrected chi connectivity index (χ2v) is 4.29. The van der Waals surface area contributed by atoms with Crippen molar-refractivity contribution < 1.29 is 9.90 Å². The Morgan fingerprint density at radius 1 is 1.57 bits per heavy atom. The van der Waals surface area contributed by atoms with Gasteiger partial charge < -0.3 is 5.11 Å². The molecule has 1 heterocycles. The summed E-state index contributed by atoms with van der Waals surface area (Å²) in [5, 5.41) is 16.3. The highest BCUT2D eigenvalue weighted by atomic mass is 127. The molecule has 2 aromatic rings. The van der Waals surface area contributed by atoms with Crippen molar-refractivity contribution in [1.29, 1.82) is 0 Å². The van der Waals surface area contributed by atoms with Crippen molar-refractivity contribution in [2.45, 2.75) is 0 Å². The first-order chi connectivity index (χ1) is 6.59. The van der Waals surface area contributed by atoms with Crippen LogP contribution in [0.15, 0.2) is 12.1 Å². The minimum atomic E-state index is -1.04. The second kappa shape index (κ2) is 3.39. The summed E-state index contributed by atoms with van der Waals surface area (Å²) in [7, 11) is 0. The summed E-state index contributed by atoms with van der Waals surface area (Å²) in [6.07, 6.45) is 0. The van der Waals surface area contributed by atoms with Crippen molar-refractivity contribution in [1.82, 2.24) is 10.2 Å². The van der Waals surface area contributed by atoms with Crippen LogP contribution in [0.4, 0.5) is 0 Å². The average Bonchev–Trinajstić information content (AvgIpc) is 2.47. The lowest BCUT2D eigenvalue weighted by Gasteiger charge is -1.96. The van der Waals surface area contributed by atoms with Gasteiger partial charge in [0.15, 0.2) is 5.69 Å². The van der Waals surface area contributed by atoms with Gasteiger partial charge in [0.2, 0.25) is 0 Å². The molecule has 0 radical (unpaired) electrons. The molecule has 0 fully saturated rings. The van der Waals surface area contributed by atoms with Gasteiger partial charge in [-0.2, -0.15) is 5.10 Å². The number of hydrogen-bond acceptors (Lipinski definition) is 2. The lowest BCUT2D eigenvalue weighted by atomic mass is 10.2. The van der Waals surface area contributed by atoms with Crippen LogP contribution in [0, 0.1) is 3.57 Å². The number of hydrogen-bond donors (Lipinski definition) is 2. The molecule has 0 amide bonds. The van der Waals surface area contributed by atoms with Gasteiger partial charge in [0.05, 0.1) is 5.52 Å². The molecule has 14 heavy (non-hydrogen) atoms. The Morgan fingerprint density at radius 3 is 2.93 bits per heavy atom. The molecule has 0 unspecified atom stereocenters. The molecular formula is C8H4ClIN2O2. The molecular weight excluding hydrogens is 318 g/mol. The number of carboxylic acids is 1. The molecule has 0 bridgehead atoms.